The highest BCUT2D eigenvalue weighted by Gasteiger charge is 2.31. The van der Waals surface area contributed by atoms with Crippen molar-refractivity contribution in [3.8, 4) is 0 Å². The van der Waals surface area contributed by atoms with Crippen molar-refractivity contribution in [2.45, 2.75) is 51.7 Å². The number of fused-ring (bicyclic) bond motifs is 1. The lowest BCUT2D eigenvalue weighted by Gasteiger charge is -2.35. The molecule has 2 aliphatic rings. The topological polar surface area (TPSA) is 83.1 Å². The summed E-state index contributed by atoms with van der Waals surface area (Å²) < 4.78 is 5.92. The number of nitrogens with zero attached hydrogens (tertiary/aromatic N) is 2. The second-order valence-corrected chi connectivity index (χ2v) is 6.92. The van der Waals surface area contributed by atoms with E-state index in [4.69, 9.17) is 15.7 Å². The number of morpholine rings is 1. The molecule has 0 aromatic carbocycles. The summed E-state index contributed by atoms with van der Waals surface area (Å²) in [4.78, 5) is 2.57. The van der Waals surface area contributed by atoms with E-state index >= 15 is 0 Å². The van der Waals surface area contributed by atoms with Crippen LogP contribution in [0, 0.1) is 5.41 Å². The molecule has 6 heteroatoms. The maximum absolute atomic E-state index is 8.74. The van der Waals surface area contributed by atoms with Crippen molar-refractivity contribution in [2.24, 2.45) is 16.3 Å². The van der Waals surface area contributed by atoms with Gasteiger partial charge < -0.3 is 21.0 Å². The zero-order valence-electron chi connectivity index (χ0n) is 13.3. The highest BCUT2D eigenvalue weighted by Crippen LogP contribution is 2.23. The molecule has 122 valence electrons. The molecule has 6 nitrogen and oxygen atoms in total. The molecule has 0 spiro atoms. The van der Waals surface area contributed by atoms with Gasteiger partial charge in [-0.15, -0.1) is 0 Å². The van der Waals surface area contributed by atoms with E-state index in [1.165, 1.54) is 19.4 Å². The molecule has 2 atom stereocenters. The molecular formula is C15H30N4O2. The van der Waals surface area contributed by atoms with Gasteiger partial charge in [-0.3, -0.25) is 4.90 Å². The minimum Gasteiger partial charge on any atom is -0.409 e. The van der Waals surface area contributed by atoms with Crippen LogP contribution in [0.2, 0.25) is 0 Å². The quantitative estimate of drug-likeness (QED) is 0.215. The number of oxime groups is 1. The molecule has 2 fully saturated rings. The largest absolute Gasteiger partial charge is 0.409 e. The summed E-state index contributed by atoms with van der Waals surface area (Å²) in [7, 11) is 0. The lowest BCUT2D eigenvalue weighted by atomic mass is 9.86. The Balaban J connectivity index is 1.58. The monoisotopic (exact) mass is 298 g/mol. The van der Waals surface area contributed by atoms with Gasteiger partial charge in [-0.2, -0.15) is 0 Å². The Morgan fingerprint density at radius 3 is 3.10 bits per heavy atom. The average Bonchev–Trinajstić information content (AvgIpc) is 2.93. The zero-order valence-corrected chi connectivity index (χ0v) is 13.3. The number of hydrogen-bond donors (Lipinski definition) is 3. The molecular weight excluding hydrogens is 268 g/mol. The maximum atomic E-state index is 8.74. The van der Waals surface area contributed by atoms with Crippen LogP contribution in [0.5, 0.6) is 0 Å². The summed E-state index contributed by atoms with van der Waals surface area (Å²) >= 11 is 0. The van der Waals surface area contributed by atoms with Crippen molar-refractivity contribution in [3.05, 3.63) is 0 Å². The molecule has 2 rings (SSSR count). The number of nitrogens with two attached hydrogens (primary N) is 1. The highest BCUT2D eigenvalue weighted by atomic mass is 16.5. The van der Waals surface area contributed by atoms with E-state index < -0.39 is 0 Å². The lowest BCUT2D eigenvalue weighted by Crippen LogP contribution is -2.49. The van der Waals surface area contributed by atoms with Gasteiger partial charge in [0.15, 0.2) is 0 Å². The predicted molar refractivity (Wildman–Crippen MR) is 83.6 cm³/mol. The van der Waals surface area contributed by atoms with E-state index in [1.54, 1.807) is 0 Å². The van der Waals surface area contributed by atoms with Crippen molar-refractivity contribution in [3.63, 3.8) is 0 Å². The molecule has 4 N–H and O–H groups in total. The molecule has 0 amide bonds. The molecule has 0 aromatic heterocycles. The molecule has 2 saturated heterocycles. The first-order valence-electron chi connectivity index (χ1n) is 8.07. The summed E-state index contributed by atoms with van der Waals surface area (Å²) in [6.45, 7) is 9.03. The van der Waals surface area contributed by atoms with Crippen LogP contribution >= 0.6 is 0 Å². The fourth-order valence-corrected chi connectivity index (χ4v) is 3.19. The molecule has 2 heterocycles. The maximum Gasteiger partial charge on any atom is 0.144 e. The van der Waals surface area contributed by atoms with Crippen LogP contribution in [-0.4, -0.2) is 60.9 Å². The molecule has 0 radical (unpaired) electrons. The van der Waals surface area contributed by atoms with Crippen molar-refractivity contribution in [1.82, 2.24) is 10.2 Å². The Hall–Kier alpha value is -0.850. The molecule has 2 aliphatic heterocycles. The van der Waals surface area contributed by atoms with Crippen LogP contribution in [0.25, 0.3) is 0 Å². The van der Waals surface area contributed by atoms with Crippen molar-refractivity contribution in [1.29, 1.82) is 0 Å². The van der Waals surface area contributed by atoms with Crippen LogP contribution in [0.4, 0.5) is 0 Å². The Bertz CT molecular complexity index is 360. The number of hydrogen-bond acceptors (Lipinski definition) is 5. The fraction of sp³-hybridized carbons (Fsp3) is 0.933. The van der Waals surface area contributed by atoms with Gasteiger partial charge in [-0.05, 0) is 38.8 Å². The summed E-state index contributed by atoms with van der Waals surface area (Å²) in [5.74, 6) is 0.304. The Morgan fingerprint density at radius 1 is 1.52 bits per heavy atom. The van der Waals surface area contributed by atoms with Gasteiger partial charge in [0, 0.05) is 24.5 Å². The van der Waals surface area contributed by atoms with E-state index in [0.717, 1.165) is 39.1 Å². The Kier molecular flexibility index (Phi) is 5.84. The minimum atomic E-state index is -0.249. The third kappa shape index (κ3) is 4.56. The van der Waals surface area contributed by atoms with Gasteiger partial charge in [0.05, 0.1) is 12.7 Å². The summed E-state index contributed by atoms with van der Waals surface area (Å²) in [5.41, 5.74) is 5.44. The highest BCUT2D eigenvalue weighted by molar-refractivity contribution is 5.85. The Labute approximate surface area is 127 Å². The molecule has 21 heavy (non-hydrogen) atoms. The summed E-state index contributed by atoms with van der Waals surface area (Å²) in [6.07, 6.45) is 4.83. The Morgan fingerprint density at radius 2 is 2.33 bits per heavy atom. The van der Waals surface area contributed by atoms with Crippen molar-refractivity contribution < 1.29 is 9.94 Å². The first kappa shape index (κ1) is 16.5. The van der Waals surface area contributed by atoms with E-state index in [2.05, 4.69) is 15.4 Å². The van der Waals surface area contributed by atoms with Crippen LogP contribution in [0.15, 0.2) is 5.16 Å². The van der Waals surface area contributed by atoms with Crippen molar-refractivity contribution in [2.75, 3.05) is 32.8 Å². The lowest BCUT2D eigenvalue weighted by molar-refractivity contribution is -0.0468. The molecule has 0 aliphatic carbocycles. The van der Waals surface area contributed by atoms with Gasteiger partial charge in [0.25, 0.3) is 0 Å². The first-order valence-corrected chi connectivity index (χ1v) is 8.07. The van der Waals surface area contributed by atoms with Crippen LogP contribution in [0.1, 0.15) is 39.5 Å². The average molecular weight is 298 g/mol. The van der Waals surface area contributed by atoms with E-state index in [1.807, 2.05) is 13.8 Å². The van der Waals surface area contributed by atoms with E-state index in [-0.39, 0.29) is 5.41 Å². The molecule has 0 saturated carbocycles. The minimum absolute atomic E-state index is 0.249. The van der Waals surface area contributed by atoms with Gasteiger partial charge in [-0.1, -0.05) is 19.0 Å². The number of ether oxygens (including phenoxy) is 1. The SMILES string of the molecule is CC(C)(CCCNCC1CN2CCCC2CO1)C(N)=NO. The summed E-state index contributed by atoms with van der Waals surface area (Å²) in [6, 6.07) is 0.669. The fourth-order valence-electron chi connectivity index (χ4n) is 3.19. The van der Waals surface area contributed by atoms with Crippen molar-refractivity contribution >= 4 is 5.84 Å². The second-order valence-electron chi connectivity index (χ2n) is 6.92. The number of amidine groups is 1. The first-order chi connectivity index (χ1) is 10.0. The van der Waals surface area contributed by atoms with Gasteiger partial charge >= 0.3 is 0 Å². The summed E-state index contributed by atoms with van der Waals surface area (Å²) in [5, 5.41) is 15.3. The van der Waals surface area contributed by atoms with Crippen LogP contribution in [0.3, 0.4) is 0 Å². The second kappa shape index (κ2) is 7.42. The molecule has 2 unspecified atom stereocenters. The van der Waals surface area contributed by atoms with Gasteiger partial charge in [0.1, 0.15) is 5.84 Å². The normalized spacial score (nSPS) is 27.8. The molecule has 0 aromatic rings. The predicted octanol–water partition coefficient (Wildman–Crippen LogP) is 0.992. The number of nitrogens with one attached hydrogen (secondary N) is 1. The van der Waals surface area contributed by atoms with Gasteiger partial charge in [-0.25, -0.2) is 0 Å². The van der Waals surface area contributed by atoms with E-state index in [0.29, 0.717) is 18.0 Å². The van der Waals surface area contributed by atoms with Crippen LogP contribution in [-0.2, 0) is 4.74 Å². The number of rotatable bonds is 7. The van der Waals surface area contributed by atoms with Gasteiger partial charge in [0.2, 0.25) is 0 Å². The third-order valence-electron chi connectivity index (χ3n) is 4.79. The standard InChI is InChI=1S/C15H30N4O2/c1-15(2,14(16)18-20)6-4-7-17-9-13-10-19-8-3-5-12(19)11-21-13/h12-13,17,20H,3-11H2,1-2H3,(H2,16,18). The van der Waals surface area contributed by atoms with E-state index in [9.17, 15) is 0 Å². The third-order valence-corrected chi connectivity index (χ3v) is 4.79. The zero-order chi connectivity index (χ0) is 15.3. The van der Waals surface area contributed by atoms with Crippen LogP contribution < -0.4 is 11.1 Å². The smallest absolute Gasteiger partial charge is 0.144 e. The molecule has 0 bridgehead atoms.